The van der Waals surface area contributed by atoms with Gasteiger partial charge in [-0.05, 0) is 25.1 Å². The minimum atomic E-state index is 0.0434. The molecular weight excluding hydrogens is 306 g/mol. The van der Waals surface area contributed by atoms with E-state index >= 15 is 0 Å². The number of carbonyl (C=O) groups excluding carboxylic acids is 1. The number of carbonyl (C=O) groups is 1. The van der Waals surface area contributed by atoms with Crippen LogP contribution >= 0.6 is 15.9 Å². The standard InChI is InChI=1S/C14H22BrN3O/c1-10(2)7-17-14(19)9-18(3)8-11-12(15)5-4-6-13(11)16/h4-6,10H,7-9,16H2,1-3H3,(H,17,19). The zero-order valence-electron chi connectivity index (χ0n) is 11.7. The maximum Gasteiger partial charge on any atom is 0.234 e. The van der Waals surface area contributed by atoms with Crippen molar-refractivity contribution in [2.24, 2.45) is 5.92 Å². The van der Waals surface area contributed by atoms with Crippen LogP contribution in [0.15, 0.2) is 22.7 Å². The third kappa shape index (κ3) is 5.61. The molecule has 5 heteroatoms. The lowest BCUT2D eigenvalue weighted by Gasteiger charge is -2.18. The molecule has 0 atom stereocenters. The molecule has 1 aromatic carbocycles. The van der Waals surface area contributed by atoms with Crippen molar-refractivity contribution in [1.82, 2.24) is 10.2 Å². The highest BCUT2D eigenvalue weighted by Gasteiger charge is 2.11. The number of halogens is 1. The Balaban J connectivity index is 2.51. The van der Waals surface area contributed by atoms with E-state index in [0.717, 1.165) is 15.7 Å². The van der Waals surface area contributed by atoms with Crippen LogP contribution in [0, 0.1) is 5.92 Å². The van der Waals surface area contributed by atoms with E-state index in [1.807, 2.05) is 30.1 Å². The Morgan fingerprint density at radius 2 is 2.16 bits per heavy atom. The van der Waals surface area contributed by atoms with Crippen molar-refractivity contribution < 1.29 is 4.79 Å². The summed E-state index contributed by atoms with van der Waals surface area (Å²) in [4.78, 5) is 13.7. The molecule has 0 aliphatic heterocycles. The Morgan fingerprint density at radius 1 is 1.47 bits per heavy atom. The van der Waals surface area contributed by atoms with Crippen molar-refractivity contribution in [3.63, 3.8) is 0 Å². The SMILES string of the molecule is CC(C)CNC(=O)CN(C)Cc1c(N)cccc1Br. The quantitative estimate of drug-likeness (QED) is 0.788. The maximum atomic E-state index is 11.7. The van der Waals surface area contributed by atoms with Gasteiger partial charge in [0.15, 0.2) is 0 Å². The summed E-state index contributed by atoms with van der Waals surface area (Å²) in [6.45, 7) is 5.87. The minimum absolute atomic E-state index is 0.0434. The Bertz CT molecular complexity index is 414. The number of hydrogen-bond donors (Lipinski definition) is 2. The van der Waals surface area contributed by atoms with Crippen molar-refractivity contribution >= 4 is 27.5 Å². The van der Waals surface area contributed by atoms with E-state index in [0.29, 0.717) is 25.6 Å². The molecule has 19 heavy (non-hydrogen) atoms. The highest BCUT2D eigenvalue weighted by atomic mass is 79.9. The molecule has 0 aliphatic carbocycles. The Morgan fingerprint density at radius 3 is 2.74 bits per heavy atom. The number of nitrogens with two attached hydrogens (primary N) is 1. The van der Waals surface area contributed by atoms with E-state index in [2.05, 4.69) is 35.1 Å². The summed E-state index contributed by atoms with van der Waals surface area (Å²) < 4.78 is 0.974. The van der Waals surface area contributed by atoms with Crippen molar-refractivity contribution in [2.45, 2.75) is 20.4 Å². The zero-order chi connectivity index (χ0) is 14.4. The van der Waals surface area contributed by atoms with E-state index in [-0.39, 0.29) is 5.91 Å². The van der Waals surface area contributed by atoms with E-state index in [1.54, 1.807) is 0 Å². The molecule has 0 radical (unpaired) electrons. The molecule has 1 amide bonds. The van der Waals surface area contributed by atoms with Gasteiger partial charge in [-0.1, -0.05) is 35.8 Å². The van der Waals surface area contributed by atoms with Gasteiger partial charge in [0.25, 0.3) is 0 Å². The number of anilines is 1. The van der Waals surface area contributed by atoms with Crippen molar-refractivity contribution in [2.75, 3.05) is 25.9 Å². The third-order valence-electron chi connectivity index (χ3n) is 2.70. The van der Waals surface area contributed by atoms with Gasteiger partial charge >= 0.3 is 0 Å². The second kappa shape index (κ2) is 7.50. The lowest BCUT2D eigenvalue weighted by molar-refractivity contribution is -0.122. The molecule has 0 spiro atoms. The highest BCUT2D eigenvalue weighted by molar-refractivity contribution is 9.10. The van der Waals surface area contributed by atoms with Crippen LogP contribution in [0.1, 0.15) is 19.4 Å². The molecule has 3 N–H and O–H groups in total. The second-order valence-corrected chi connectivity index (χ2v) is 6.03. The maximum absolute atomic E-state index is 11.7. The van der Waals surface area contributed by atoms with E-state index < -0.39 is 0 Å². The summed E-state index contributed by atoms with van der Waals surface area (Å²) in [5.41, 5.74) is 7.70. The fourth-order valence-corrected chi connectivity index (χ4v) is 2.19. The van der Waals surface area contributed by atoms with Crippen LogP contribution in [0.4, 0.5) is 5.69 Å². The average Bonchev–Trinajstić information content (AvgIpc) is 2.31. The molecule has 0 unspecified atom stereocenters. The molecule has 0 heterocycles. The van der Waals surface area contributed by atoms with Crippen LogP contribution < -0.4 is 11.1 Å². The summed E-state index contributed by atoms with van der Waals surface area (Å²) in [5.74, 6) is 0.509. The van der Waals surface area contributed by atoms with Gasteiger partial charge in [-0.25, -0.2) is 0 Å². The molecule has 1 rings (SSSR count). The molecule has 1 aromatic rings. The third-order valence-corrected chi connectivity index (χ3v) is 3.45. The number of hydrogen-bond acceptors (Lipinski definition) is 3. The second-order valence-electron chi connectivity index (χ2n) is 5.18. The first-order chi connectivity index (χ1) is 8.90. The normalized spacial score (nSPS) is 11.1. The molecule has 0 fully saturated rings. The zero-order valence-corrected chi connectivity index (χ0v) is 13.3. The number of amides is 1. The van der Waals surface area contributed by atoms with Crippen LogP contribution in [-0.2, 0) is 11.3 Å². The topological polar surface area (TPSA) is 58.4 Å². The summed E-state index contributed by atoms with van der Waals surface area (Å²) >= 11 is 3.48. The number of nitrogens with one attached hydrogen (secondary N) is 1. The van der Waals surface area contributed by atoms with E-state index in [4.69, 9.17) is 5.73 Å². The first kappa shape index (κ1) is 16.0. The first-order valence-electron chi connectivity index (χ1n) is 6.38. The van der Waals surface area contributed by atoms with Crippen molar-refractivity contribution in [3.05, 3.63) is 28.2 Å². The predicted octanol–water partition coefficient (Wildman–Crippen LogP) is 2.24. The molecule has 106 valence electrons. The molecule has 0 aromatic heterocycles. The van der Waals surface area contributed by atoms with Gasteiger partial charge in [0.2, 0.25) is 5.91 Å². The Hall–Kier alpha value is -1.07. The van der Waals surface area contributed by atoms with Crippen molar-refractivity contribution in [1.29, 1.82) is 0 Å². The number of nitrogens with zero attached hydrogens (tertiary/aromatic N) is 1. The monoisotopic (exact) mass is 327 g/mol. The molecule has 0 bridgehead atoms. The summed E-state index contributed by atoms with van der Waals surface area (Å²) in [6, 6.07) is 5.73. The van der Waals surface area contributed by atoms with Gasteiger partial charge in [-0.2, -0.15) is 0 Å². The fraction of sp³-hybridized carbons (Fsp3) is 0.500. The van der Waals surface area contributed by atoms with Gasteiger partial charge < -0.3 is 11.1 Å². The number of likely N-dealkylation sites (N-methyl/N-ethyl adjacent to an activating group) is 1. The lowest BCUT2D eigenvalue weighted by Crippen LogP contribution is -2.36. The Labute approximate surface area is 123 Å². The molecule has 4 nitrogen and oxygen atoms in total. The number of benzene rings is 1. The van der Waals surface area contributed by atoms with Crippen LogP contribution in [0.3, 0.4) is 0 Å². The van der Waals surface area contributed by atoms with Crippen LogP contribution in [0.25, 0.3) is 0 Å². The van der Waals surface area contributed by atoms with Gasteiger partial charge in [-0.3, -0.25) is 9.69 Å². The largest absolute Gasteiger partial charge is 0.398 e. The number of rotatable bonds is 6. The summed E-state index contributed by atoms with van der Waals surface area (Å²) in [6.07, 6.45) is 0. The van der Waals surface area contributed by atoms with Gasteiger partial charge in [0.1, 0.15) is 0 Å². The molecule has 0 saturated carbocycles. The highest BCUT2D eigenvalue weighted by Crippen LogP contribution is 2.23. The van der Waals surface area contributed by atoms with Crippen LogP contribution in [0.5, 0.6) is 0 Å². The Kier molecular flexibility index (Phi) is 6.31. The summed E-state index contributed by atoms with van der Waals surface area (Å²) in [5, 5.41) is 2.90. The molecule has 0 aliphatic rings. The lowest BCUT2D eigenvalue weighted by atomic mass is 10.1. The van der Waals surface area contributed by atoms with Gasteiger partial charge in [-0.15, -0.1) is 0 Å². The number of nitrogen functional groups attached to an aromatic ring is 1. The molecule has 0 saturated heterocycles. The minimum Gasteiger partial charge on any atom is -0.398 e. The fourth-order valence-electron chi connectivity index (χ4n) is 1.69. The van der Waals surface area contributed by atoms with E-state index in [9.17, 15) is 4.79 Å². The molecular formula is C14H22BrN3O. The van der Waals surface area contributed by atoms with Crippen LogP contribution in [0.2, 0.25) is 0 Å². The van der Waals surface area contributed by atoms with Crippen LogP contribution in [-0.4, -0.2) is 30.9 Å². The first-order valence-corrected chi connectivity index (χ1v) is 7.17. The predicted molar refractivity (Wildman–Crippen MR) is 82.7 cm³/mol. The summed E-state index contributed by atoms with van der Waals surface area (Å²) in [7, 11) is 1.91. The smallest absolute Gasteiger partial charge is 0.234 e. The van der Waals surface area contributed by atoms with Gasteiger partial charge in [0, 0.05) is 28.8 Å². The van der Waals surface area contributed by atoms with Gasteiger partial charge in [0.05, 0.1) is 6.54 Å². The van der Waals surface area contributed by atoms with E-state index in [1.165, 1.54) is 0 Å². The average molecular weight is 328 g/mol. The van der Waals surface area contributed by atoms with Crippen molar-refractivity contribution in [3.8, 4) is 0 Å².